The Balaban J connectivity index is 2.10. The minimum atomic E-state index is 0.861. The summed E-state index contributed by atoms with van der Waals surface area (Å²) in [6.45, 7) is 6.30. The highest BCUT2D eigenvalue weighted by Gasteiger charge is 2.20. The van der Waals surface area contributed by atoms with E-state index in [2.05, 4.69) is 41.9 Å². The molecule has 2 heterocycles. The van der Waals surface area contributed by atoms with E-state index in [0.717, 1.165) is 25.3 Å². The summed E-state index contributed by atoms with van der Waals surface area (Å²) in [5.41, 5.74) is 6.58. The van der Waals surface area contributed by atoms with Gasteiger partial charge in [-0.1, -0.05) is 12.1 Å². The average Bonchev–Trinajstić information content (AvgIpc) is 2.82. The van der Waals surface area contributed by atoms with Crippen LogP contribution < -0.4 is 5.32 Å². The Labute approximate surface area is 121 Å². The zero-order chi connectivity index (χ0) is 14.1. The van der Waals surface area contributed by atoms with Crippen LogP contribution in [0, 0.1) is 13.8 Å². The number of nitrogens with one attached hydrogen (secondary N) is 1. The molecule has 0 saturated carbocycles. The molecule has 0 atom stereocenters. The van der Waals surface area contributed by atoms with Crippen LogP contribution in [0.15, 0.2) is 18.2 Å². The van der Waals surface area contributed by atoms with Crippen molar-refractivity contribution in [3.05, 3.63) is 40.7 Å². The van der Waals surface area contributed by atoms with Crippen LogP contribution in [0.4, 0.5) is 0 Å². The molecule has 20 heavy (non-hydrogen) atoms. The molecule has 0 aliphatic carbocycles. The molecule has 3 nitrogen and oxygen atoms in total. The molecule has 0 amide bonds. The number of aromatic nitrogens is 2. The van der Waals surface area contributed by atoms with Gasteiger partial charge in [0.15, 0.2) is 0 Å². The highest BCUT2D eigenvalue weighted by molar-refractivity contribution is 5.59. The first-order chi connectivity index (χ1) is 9.70. The van der Waals surface area contributed by atoms with E-state index in [1.54, 1.807) is 0 Å². The summed E-state index contributed by atoms with van der Waals surface area (Å²) in [5.74, 6) is 1.15. The van der Waals surface area contributed by atoms with Crippen molar-refractivity contribution >= 4 is 0 Å². The number of rotatable bonds is 3. The second kappa shape index (κ2) is 5.41. The molecule has 106 valence electrons. The first-order valence-electron chi connectivity index (χ1n) is 7.51. The topological polar surface area (TPSA) is 29.9 Å². The van der Waals surface area contributed by atoms with Crippen molar-refractivity contribution in [2.75, 3.05) is 7.05 Å². The highest BCUT2D eigenvalue weighted by atomic mass is 15.1. The molecular formula is C17H23N3. The van der Waals surface area contributed by atoms with Gasteiger partial charge in [-0.15, -0.1) is 0 Å². The van der Waals surface area contributed by atoms with Crippen molar-refractivity contribution < 1.29 is 0 Å². The number of imidazole rings is 1. The monoisotopic (exact) mass is 269 g/mol. The van der Waals surface area contributed by atoms with E-state index in [-0.39, 0.29) is 0 Å². The van der Waals surface area contributed by atoms with E-state index in [1.807, 2.05) is 7.05 Å². The molecule has 0 fully saturated rings. The van der Waals surface area contributed by atoms with Crippen molar-refractivity contribution in [2.24, 2.45) is 0 Å². The van der Waals surface area contributed by atoms with Crippen LogP contribution in [0.2, 0.25) is 0 Å². The second-order valence-electron chi connectivity index (χ2n) is 5.77. The fourth-order valence-electron chi connectivity index (χ4n) is 3.03. The van der Waals surface area contributed by atoms with E-state index >= 15 is 0 Å². The van der Waals surface area contributed by atoms with E-state index in [0.29, 0.717) is 0 Å². The molecule has 3 heteroatoms. The maximum absolute atomic E-state index is 4.92. The quantitative estimate of drug-likeness (QED) is 0.927. The fraction of sp³-hybridized carbons (Fsp3) is 0.471. The predicted molar refractivity (Wildman–Crippen MR) is 82.8 cm³/mol. The van der Waals surface area contributed by atoms with Crippen molar-refractivity contribution in [3.8, 4) is 11.4 Å². The number of hydrogen-bond donors (Lipinski definition) is 1. The van der Waals surface area contributed by atoms with Crippen LogP contribution in [0.1, 0.15) is 35.4 Å². The Morgan fingerprint density at radius 3 is 2.80 bits per heavy atom. The van der Waals surface area contributed by atoms with Gasteiger partial charge in [0.05, 0.1) is 5.69 Å². The number of benzene rings is 1. The lowest BCUT2D eigenvalue weighted by Gasteiger charge is -2.17. The molecule has 0 saturated heterocycles. The van der Waals surface area contributed by atoms with Crippen LogP contribution in [-0.4, -0.2) is 16.6 Å². The van der Waals surface area contributed by atoms with E-state index in [9.17, 15) is 0 Å². The molecule has 0 unspecified atom stereocenters. The van der Waals surface area contributed by atoms with Crippen LogP contribution in [-0.2, 0) is 19.5 Å². The zero-order valence-electron chi connectivity index (χ0n) is 12.7. The van der Waals surface area contributed by atoms with Gasteiger partial charge in [0.25, 0.3) is 0 Å². The van der Waals surface area contributed by atoms with Gasteiger partial charge in [-0.3, -0.25) is 0 Å². The number of aryl methyl sites for hydroxylation is 2. The Morgan fingerprint density at radius 1 is 1.20 bits per heavy atom. The summed E-state index contributed by atoms with van der Waals surface area (Å²) < 4.78 is 2.43. The molecule has 0 bridgehead atoms. The molecular weight excluding hydrogens is 246 g/mol. The Hall–Kier alpha value is -1.61. The third-order valence-electron chi connectivity index (χ3n) is 4.31. The molecule has 2 aromatic rings. The van der Waals surface area contributed by atoms with Crippen molar-refractivity contribution in [1.29, 1.82) is 0 Å². The molecule has 1 aliphatic rings. The third kappa shape index (κ3) is 2.27. The van der Waals surface area contributed by atoms with Crippen LogP contribution in [0.5, 0.6) is 0 Å². The maximum Gasteiger partial charge on any atom is 0.140 e. The van der Waals surface area contributed by atoms with Crippen LogP contribution >= 0.6 is 0 Å². The van der Waals surface area contributed by atoms with Crippen molar-refractivity contribution in [3.63, 3.8) is 0 Å². The molecule has 1 aromatic heterocycles. The first-order valence-corrected chi connectivity index (χ1v) is 7.51. The molecule has 0 radical (unpaired) electrons. The molecule has 3 rings (SSSR count). The van der Waals surface area contributed by atoms with Crippen LogP contribution in [0.25, 0.3) is 11.4 Å². The van der Waals surface area contributed by atoms with Gasteiger partial charge in [-0.25, -0.2) is 4.98 Å². The second-order valence-corrected chi connectivity index (χ2v) is 5.77. The Morgan fingerprint density at radius 2 is 2.05 bits per heavy atom. The standard InChI is InChI=1S/C17H23N3/c1-12-7-8-14(10-13(12)2)17-19-15(11-18-3)16-6-4-5-9-20(16)17/h7-8,10,18H,4-6,9,11H2,1-3H3. The normalized spacial score (nSPS) is 14.3. The Kier molecular flexibility index (Phi) is 3.62. The van der Waals surface area contributed by atoms with Gasteiger partial charge in [0, 0.05) is 24.3 Å². The lowest BCUT2D eigenvalue weighted by molar-refractivity contribution is 0.531. The van der Waals surface area contributed by atoms with Gasteiger partial charge in [0.2, 0.25) is 0 Å². The number of hydrogen-bond acceptors (Lipinski definition) is 2. The average molecular weight is 269 g/mol. The van der Waals surface area contributed by atoms with E-state index in [1.165, 1.54) is 40.9 Å². The third-order valence-corrected chi connectivity index (χ3v) is 4.31. The summed E-state index contributed by atoms with van der Waals surface area (Å²) in [5, 5.41) is 3.24. The summed E-state index contributed by atoms with van der Waals surface area (Å²) in [6, 6.07) is 6.67. The lowest BCUT2D eigenvalue weighted by Crippen LogP contribution is -2.14. The number of nitrogens with zero attached hydrogens (tertiary/aromatic N) is 2. The molecule has 1 aliphatic heterocycles. The summed E-state index contributed by atoms with van der Waals surface area (Å²) in [6.07, 6.45) is 3.71. The fourth-order valence-corrected chi connectivity index (χ4v) is 3.03. The van der Waals surface area contributed by atoms with E-state index in [4.69, 9.17) is 4.98 Å². The molecule has 0 spiro atoms. The van der Waals surface area contributed by atoms with E-state index < -0.39 is 0 Å². The first kappa shape index (κ1) is 13.4. The summed E-state index contributed by atoms with van der Waals surface area (Å²) in [7, 11) is 1.99. The number of fused-ring (bicyclic) bond motifs is 1. The van der Waals surface area contributed by atoms with Gasteiger partial charge in [0.1, 0.15) is 5.82 Å². The maximum atomic E-state index is 4.92. The molecule has 1 N–H and O–H groups in total. The highest BCUT2D eigenvalue weighted by Crippen LogP contribution is 2.28. The van der Waals surface area contributed by atoms with Gasteiger partial charge >= 0.3 is 0 Å². The largest absolute Gasteiger partial charge is 0.328 e. The van der Waals surface area contributed by atoms with Gasteiger partial charge in [-0.05, 0) is 57.4 Å². The summed E-state index contributed by atoms with van der Waals surface area (Å²) in [4.78, 5) is 4.92. The van der Waals surface area contributed by atoms with Crippen molar-refractivity contribution in [2.45, 2.75) is 46.2 Å². The minimum absolute atomic E-state index is 0.861. The van der Waals surface area contributed by atoms with Gasteiger partial charge < -0.3 is 9.88 Å². The van der Waals surface area contributed by atoms with Crippen molar-refractivity contribution in [1.82, 2.24) is 14.9 Å². The smallest absolute Gasteiger partial charge is 0.140 e. The minimum Gasteiger partial charge on any atom is -0.328 e. The lowest BCUT2D eigenvalue weighted by atomic mass is 10.1. The SMILES string of the molecule is CNCc1nc(-c2ccc(C)c(C)c2)n2c1CCCC2. The summed E-state index contributed by atoms with van der Waals surface area (Å²) >= 11 is 0. The Bertz CT molecular complexity index is 625. The van der Waals surface area contributed by atoms with Crippen LogP contribution in [0.3, 0.4) is 0 Å². The van der Waals surface area contributed by atoms with Gasteiger partial charge in [-0.2, -0.15) is 0 Å². The zero-order valence-corrected chi connectivity index (χ0v) is 12.7. The molecule has 1 aromatic carbocycles. The predicted octanol–water partition coefficient (Wildman–Crippen LogP) is 3.22.